The fourth-order valence-corrected chi connectivity index (χ4v) is 5.00. The first-order valence-corrected chi connectivity index (χ1v) is 12.3. The average Bonchev–Trinajstić information content (AvgIpc) is 3.19. The van der Waals surface area contributed by atoms with E-state index in [4.69, 9.17) is 16.3 Å². The predicted molar refractivity (Wildman–Crippen MR) is 143 cm³/mol. The van der Waals surface area contributed by atoms with Crippen molar-refractivity contribution >= 4 is 40.4 Å². The van der Waals surface area contributed by atoms with Crippen LogP contribution in [0.3, 0.4) is 0 Å². The first kappa shape index (κ1) is 24.8. The molecule has 9 heteroatoms. The van der Waals surface area contributed by atoms with Crippen LogP contribution in [0, 0.1) is 0 Å². The number of halogens is 1. The fraction of sp³-hybridized carbons (Fsp3) is 0.250. The number of rotatable bonds is 5. The molecule has 0 aliphatic carbocycles. The number of aliphatic hydroxyl groups is 1. The summed E-state index contributed by atoms with van der Waals surface area (Å²) < 4.78 is 5.27. The molecule has 0 bridgehead atoms. The van der Waals surface area contributed by atoms with E-state index in [-0.39, 0.29) is 11.3 Å². The van der Waals surface area contributed by atoms with Crippen molar-refractivity contribution in [3.63, 3.8) is 0 Å². The van der Waals surface area contributed by atoms with Gasteiger partial charge in [-0.25, -0.2) is 0 Å². The summed E-state index contributed by atoms with van der Waals surface area (Å²) in [4.78, 5) is 36.9. The molecule has 1 atom stereocenters. The van der Waals surface area contributed by atoms with E-state index in [0.717, 1.165) is 31.9 Å². The molecule has 2 aliphatic rings. The molecule has 3 heterocycles. The number of likely N-dealkylation sites (N-methyl/N-ethyl adjacent to an activating group) is 1. The Bertz CT molecular complexity index is 1350. The van der Waals surface area contributed by atoms with Crippen LogP contribution in [0.2, 0.25) is 5.02 Å². The van der Waals surface area contributed by atoms with Crippen molar-refractivity contribution in [2.24, 2.45) is 0 Å². The third kappa shape index (κ3) is 4.65. The number of benzene rings is 2. The number of ketones is 1. The van der Waals surface area contributed by atoms with E-state index in [1.807, 2.05) is 24.3 Å². The highest BCUT2D eigenvalue weighted by Crippen LogP contribution is 2.43. The summed E-state index contributed by atoms with van der Waals surface area (Å²) in [5.74, 6) is -1.46. The molecule has 3 aromatic rings. The molecule has 2 fully saturated rings. The lowest BCUT2D eigenvalue weighted by molar-refractivity contribution is -0.132. The van der Waals surface area contributed by atoms with Gasteiger partial charge in [-0.2, -0.15) is 0 Å². The SMILES string of the molecule is COc1cc(/C(O)=C2/C(=O)C(=O)N(c3ccc(N4CCN(C)CC4)cc3)C2c2cccnc2)ccc1Cl. The quantitative estimate of drug-likeness (QED) is 0.309. The third-order valence-corrected chi connectivity index (χ3v) is 7.18. The number of amides is 1. The van der Waals surface area contributed by atoms with Crippen molar-refractivity contribution < 1.29 is 19.4 Å². The van der Waals surface area contributed by atoms with Crippen molar-refractivity contribution in [2.45, 2.75) is 6.04 Å². The molecule has 190 valence electrons. The highest BCUT2D eigenvalue weighted by molar-refractivity contribution is 6.51. The van der Waals surface area contributed by atoms with Gasteiger partial charge in [-0.05, 0) is 61.1 Å². The van der Waals surface area contributed by atoms with Crippen LogP contribution >= 0.6 is 11.6 Å². The van der Waals surface area contributed by atoms with Crippen LogP contribution in [0.15, 0.2) is 72.6 Å². The summed E-state index contributed by atoms with van der Waals surface area (Å²) in [6, 6.07) is 15.0. The molecule has 0 radical (unpaired) electrons. The molecule has 5 rings (SSSR count). The van der Waals surface area contributed by atoms with Crippen LogP contribution in [0.5, 0.6) is 5.75 Å². The zero-order valence-corrected chi connectivity index (χ0v) is 21.4. The normalized spacial score (nSPS) is 19.9. The Hall–Kier alpha value is -3.88. The van der Waals surface area contributed by atoms with E-state index in [0.29, 0.717) is 27.6 Å². The van der Waals surface area contributed by atoms with E-state index in [1.165, 1.54) is 18.1 Å². The minimum Gasteiger partial charge on any atom is -0.507 e. The topological polar surface area (TPSA) is 86.2 Å². The van der Waals surface area contributed by atoms with E-state index < -0.39 is 17.7 Å². The number of methoxy groups -OCH3 is 1. The van der Waals surface area contributed by atoms with Crippen LogP contribution in [-0.4, -0.2) is 67.0 Å². The van der Waals surface area contributed by atoms with Gasteiger partial charge in [0, 0.05) is 55.5 Å². The maximum Gasteiger partial charge on any atom is 0.300 e. The summed E-state index contributed by atoms with van der Waals surface area (Å²) in [7, 11) is 3.57. The lowest BCUT2D eigenvalue weighted by atomic mass is 9.96. The van der Waals surface area contributed by atoms with Crippen molar-refractivity contribution in [3.8, 4) is 5.75 Å². The first-order valence-electron chi connectivity index (χ1n) is 12.0. The number of carbonyl (C=O) groups excluding carboxylic acids is 2. The van der Waals surface area contributed by atoms with Gasteiger partial charge in [0.25, 0.3) is 11.7 Å². The Balaban J connectivity index is 1.57. The van der Waals surface area contributed by atoms with Gasteiger partial charge in [-0.3, -0.25) is 19.5 Å². The third-order valence-electron chi connectivity index (χ3n) is 6.87. The molecule has 37 heavy (non-hydrogen) atoms. The highest BCUT2D eigenvalue weighted by Gasteiger charge is 2.47. The second-order valence-electron chi connectivity index (χ2n) is 9.11. The van der Waals surface area contributed by atoms with E-state index in [1.54, 1.807) is 36.7 Å². The number of aliphatic hydroxyl groups excluding tert-OH is 1. The average molecular weight is 519 g/mol. The first-order chi connectivity index (χ1) is 17.9. The maximum atomic E-state index is 13.4. The van der Waals surface area contributed by atoms with Crippen molar-refractivity contribution in [1.29, 1.82) is 0 Å². The molecule has 1 aromatic heterocycles. The van der Waals surface area contributed by atoms with Gasteiger partial charge in [0.15, 0.2) is 0 Å². The molecule has 2 saturated heterocycles. The zero-order valence-electron chi connectivity index (χ0n) is 20.6. The smallest absolute Gasteiger partial charge is 0.300 e. The van der Waals surface area contributed by atoms with Crippen LogP contribution in [0.1, 0.15) is 17.2 Å². The summed E-state index contributed by atoms with van der Waals surface area (Å²) in [6.07, 6.45) is 3.21. The lowest BCUT2D eigenvalue weighted by Crippen LogP contribution is -2.44. The molecular weight excluding hydrogens is 492 g/mol. The summed E-state index contributed by atoms with van der Waals surface area (Å²) in [6.45, 7) is 3.79. The number of hydrogen-bond donors (Lipinski definition) is 1. The summed E-state index contributed by atoms with van der Waals surface area (Å²) in [5, 5.41) is 11.7. The number of hydrogen-bond acceptors (Lipinski definition) is 7. The van der Waals surface area contributed by atoms with E-state index in [2.05, 4.69) is 21.8 Å². The van der Waals surface area contributed by atoms with Gasteiger partial charge in [-0.15, -0.1) is 0 Å². The molecule has 0 saturated carbocycles. The molecule has 0 spiro atoms. The number of ether oxygens (including phenoxy) is 1. The van der Waals surface area contributed by atoms with Crippen LogP contribution < -0.4 is 14.5 Å². The van der Waals surface area contributed by atoms with Gasteiger partial charge in [0.05, 0.1) is 23.7 Å². The van der Waals surface area contributed by atoms with Gasteiger partial charge in [-0.1, -0.05) is 17.7 Å². The molecule has 2 aromatic carbocycles. The number of carbonyl (C=O) groups is 2. The number of anilines is 2. The van der Waals surface area contributed by atoms with Crippen LogP contribution in [0.25, 0.3) is 5.76 Å². The van der Waals surface area contributed by atoms with Gasteiger partial charge in [0.2, 0.25) is 0 Å². The summed E-state index contributed by atoms with van der Waals surface area (Å²) in [5.41, 5.74) is 2.51. The van der Waals surface area contributed by atoms with Gasteiger partial charge >= 0.3 is 0 Å². The number of pyridine rings is 1. The minimum absolute atomic E-state index is 0.0227. The van der Waals surface area contributed by atoms with E-state index in [9.17, 15) is 14.7 Å². The monoisotopic (exact) mass is 518 g/mol. The van der Waals surface area contributed by atoms with Crippen molar-refractivity contribution in [1.82, 2.24) is 9.88 Å². The Morgan fingerprint density at radius 1 is 1.03 bits per heavy atom. The fourth-order valence-electron chi connectivity index (χ4n) is 4.80. The molecule has 2 aliphatic heterocycles. The largest absolute Gasteiger partial charge is 0.507 e. The molecule has 1 unspecified atom stereocenters. The number of Topliss-reactive ketones (excluding diaryl/α,β-unsaturated/α-hetero) is 1. The predicted octanol–water partition coefficient (Wildman–Crippen LogP) is 4.12. The van der Waals surface area contributed by atoms with Gasteiger partial charge in [0.1, 0.15) is 11.5 Å². The zero-order chi connectivity index (χ0) is 26.1. The van der Waals surface area contributed by atoms with Crippen molar-refractivity contribution in [3.05, 3.63) is 88.7 Å². The maximum absolute atomic E-state index is 13.4. The second kappa shape index (κ2) is 10.2. The minimum atomic E-state index is -0.857. The Kier molecular flexibility index (Phi) is 6.86. The Labute approximate surface area is 220 Å². The number of aromatic nitrogens is 1. The molecule has 8 nitrogen and oxygen atoms in total. The summed E-state index contributed by atoms with van der Waals surface area (Å²) >= 11 is 6.15. The number of piperazine rings is 1. The van der Waals surface area contributed by atoms with E-state index >= 15 is 0 Å². The standard InChI is InChI=1S/C28H27ClN4O4/c1-31-12-14-32(15-13-31)20-6-8-21(9-7-20)33-25(19-4-3-11-30-17-19)24(27(35)28(33)36)26(34)18-5-10-22(29)23(16-18)37-2/h3-11,16-17,25,34H,12-15H2,1-2H3/b26-24-. The van der Waals surface area contributed by atoms with Gasteiger partial charge < -0.3 is 19.6 Å². The van der Waals surface area contributed by atoms with Crippen molar-refractivity contribution in [2.75, 3.05) is 50.1 Å². The molecular formula is C28H27ClN4O4. The Morgan fingerprint density at radius 2 is 1.73 bits per heavy atom. The lowest BCUT2D eigenvalue weighted by Gasteiger charge is -2.34. The number of nitrogens with zero attached hydrogens (tertiary/aromatic N) is 4. The Morgan fingerprint density at radius 3 is 2.38 bits per heavy atom. The van der Waals surface area contributed by atoms with Crippen LogP contribution in [0.4, 0.5) is 11.4 Å². The molecule has 1 N–H and O–H groups in total. The second-order valence-corrected chi connectivity index (χ2v) is 9.52. The van der Waals surface area contributed by atoms with Crippen LogP contribution in [-0.2, 0) is 9.59 Å². The molecule has 1 amide bonds. The highest BCUT2D eigenvalue weighted by atomic mass is 35.5.